The summed E-state index contributed by atoms with van der Waals surface area (Å²) in [5.41, 5.74) is 2.80. The molecule has 0 unspecified atom stereocenters. The van der Waals surface area contributed by atoms with Gasteiger partial charge in [0.05, 0.1) is 16.4 Å². The highest BCUT2D eigenvalue weighted by atomic mass is 16.3. The third-order valence-corrected chi connectivity index (χ3v) is 4.16. The number of fused-ring (bicyclic) bond motifs is 2. The van der Waals surface area contributed by atoms with Crippen LogP contribution in [0.2, 0.25) is 0 Å². The Labute approximate surface area is 133 Å². The van der Waals surface area contributed by atoms with Gasteiger partial charge in [0, 0.05) is 17.8 Å². The van der Waals surface area contributed by atoms with Crippen molar-refractivity contribution >= 4 is 27.5 Å². The van der Waals surface area contributed by atoms with E-state index < -0.39 is 0 Å². The first-order valence-corrected chi connectivity index (χ1v) is 7.55. The van der Waals surface area contributed by atoms with Gasteiger partial charge in [0.1, 0.15) is 11.4 Å². The summed E-state index contributed by atoms with van der Waals surface area (Å²) in [4.78, 5) is 4.77. The van der Waals surface area contributed by atoms with Crippen LogP contribution in [0.15, 0.2) is 77.8 Å². The lowest BCUT2D eigenvalue weighted by atomic mass is 10.1. The Balaban J connectivity index is 2.24. The first-order chi connectivity index (χ1) is 11.3. The Morgan fingerprint density at radius 2 is 1.26 bits per heavy atom. The molecule has 0 saturated carbocycles. The summed E-state index contributed by atoms with van der Waals surface area (Å²) in [5.74, 6) is 0.189. The second kappa shape index (κ2) is 5.29. The molecule has 3 nitrogen and oxygen atoms in total. The summed E-state index contributed by atoms with van der Waals surface area (Å²) in [6, 6.07) is 23.6. The average Bonchev–Trinajstić information content (AvgIpc) is 2.60. The lowest BCUT2D eigenvalue weighted by Crippen LogP contribution is -2.10. The van der Waals surface area contributed by atoms with Crippen LogP contribution < -0.4 is 5.36 Å². The normalized spacial score (nSPS) is 11.0. The lowest BCUT2D eigenvalue weighted by Gasteiger charge is -2.12. The number of pyridine rings is 1. The Bertz CT molecular complexity index is 1030. The third kappa shape index (κ3) is 2.18. The van der Waals surface area contributed by atoms with E-state index in [1.165, 1.54) is 0 Å². The van der Waals surface area contributed by atoms with Crippen molar-refractivity contribution in [2.45, 2.75) is 0 Å². The van der Waals surface area contributed by atoms with Gasteiger partial charge < -0.3 is 9.67 Å². The van der Waals surface area contributed by atoms with Gasteiger partial charge in [-0.1, -0.05) is 48.5 Å². The molecule has 0 spiro atoms. The Morgan fingerprint density at radius 1 is 0.739 bits per heavy atom. The molecule has 0 fully saturated rings. The van der Waals surface area contributed by atoms with Crippen LogP contribution in [0.3, 0.4) is 0 Å². The largest absolute Gasteiger partial charge is 0.506 e. The van der Waals surface area contributed by atoms with E-state index in [2.05, 4.69) is 35.9 Å². The molecule has 23 heavy (non-hydrogen) atoms. The molecule has 1 N–H and O–H groups in total. The summed E-state index contributed by atoms with van der Waals surface area (Å²) in [6.45, 7) is 0. The number of aromatic nitrogens is 1. The van der Waals surface area contributed by atoms with Crippen LogP contribution in [0.1, 0.15) is 0 Å². The van der Waals surface area contributed by atoms with Crippen LogP contribution in [-0.2, 0) is 7.05 Å². The quantitative estimate of drug-likeness (QED) is 0.524. The molecule has 112 valence electrons. The van der Waals surface area contributed by atoms with E-state index in [0.717, 1.165) is 27.2 Å². The van der Waals surface area contributed by atoms with Gasteiger partial charge in [0.25, 0.3) is 0 Å². The number of phenols is 1. The van der Waals surface area contributed by atoms with Gasteiger partial charge in [-0.25, -0.2) is 4.99 Å². The Hall–Kier alpha value is -3.07. The number of hydrogen-bond donors (Lipinski definition) is 1. The number of phenolic OH excluding ortho intramolecular Hbond substituents is 1. The van der Waals surface area contributed by atoms with Gasteiger partial charge in [0.15, 0.2) is 0 Å². The molecule has 1 aromatic heterocycles. The fourth-order valence-corrected chi connectivity index (χ4v) is 3.01. The zero-order chi connectivity index (χ0) is 15.8. The summed E-state index contributed by atoms with van der Waals surface area (Å²) in [6.07, 6.45) is 0. The van der Waals surface area contributed by atoms with Gasteiger partial charge in [-0.2, -0.15) is 0 Å². The van der Waals surface area contributed by atoms with Crippen LogP contribution >= 0.6 is 0 Å². The minimum Gasteiger partial charge on any atom is -0.506 e. The minimum absolute atomic E-state index is 0.189. The number of para-hydroxylation sites is 4. The summed E-state index contributed by atoms with van der Waals surface area (Å²) < 4.78 is 2.18. The van der Waals surface area contributed by atoms with Crippen molar-refractivity contribution in [1.29, 1.82) is 0 Å². The van der Waals surface area contributed by atoms with Crippen LogP contribution in [-0.4, -0.2) is 9.67 Å². The minimum atomic E-state index is 0.189. The van der Waals surface area contributed by atoms with Crippen molar-refractivity contribution in [3.8, 4) is 5.75 Å². The number of aromatic hydroxyl groups is 1. The zero-order valence-electron chi connectivity index (χ0n) is 12.8. The molecule has 4 rings (SSSR count). The highest BCUT2D eigenvalue weighted by Crippen LogP contribution is 2.25. The zero-order valence-corrected chi connectivity index (χ0v) is 12.8. The van der Waals surface area contributed by atoms with Gasteiger partial charge in [0.2, 0.25) is 0 Å². The smallest absolute Gasteiger partial charge is 0.141 e. The molecule has 0 aliphatic rings. The van der Waals surface area contributed by atoms with Gasteiger partial charge >= 0.3 is 0 Å². The third-order valence-electron chi connectivity index (χ3n) is 4.16. The second-order valence-electron chi connectivity index (χ2n) is 5.54. The van der Waals surface area contributed by atoms with Crippen LogP contribution in [0.4, 0.5) is 5.69 Å². The van der Waals surface area contributed by atoms with Crippen LogP contribution in [0.5, 0.6) is 5.75 Å². The first-order valence-electron chi connectivity index (χ1n) is 7.55. The maximum Gasteiger partial charge on any atom is 0.141 e. The van der Waals surface area contributed by atoms with Crippen molar-refractivity contribution < 1.29 is 5.11 Å². The Morgan fingerprint density at radius 3 is 1.87 bits per heavy atom. The van der Waals surface area contributed by atoms with E-state index in [-0.39, 0.29) is 5.75 Å². The first kappa shape index (κ1) is 13.6. The maximum absolute atomic E-state index is 10.1. The topological polar surface area (TPSA) is 37.5 Å². The number of rotatable bonds is 1. The van der Waals surface area contributed by atoms with E-state index >= 15 is 0 Å². The van der Waals surface area contributed by atoms with E-state index in [9.17, 15) is 5.11 Å². The predicted octanol–water partition coefficient (Wildman–Crippen LogP) is 4.27. The molecule has 0 saturated heterocycles. The van der Waals surface area contributed by atoms with Crippen LogP contribution in [0.25, 0.3) is 21.8 Å². The summed E-state index contributed by atoms with van der Waals surface area (Å²) >= 11 is 0. The molecule has 0 aliphatic carbocycles. The number of aryl methyl sites for hydroxylation is 1. The van der Waals surface area contributed by atoms with Gasteiger partial charge in [-0.05, 0) is 24.3 Å². The standard InChI is InChI=1S/C20H16N2O/c1-22-17-11-5-2-8-14(17)20(15-9-3-6-12-18(15)22)21-16-10-4-7-13-19(16)23/h2-13,23H,1H3. The molecule has 0 atom stereocenters. The molecule has 4 aromatic rings. The molecule has 3 heteroatoms. The average molecular weight is 300 g/mol. The maximum atomic E-state index is 10.1. The van der Waals surface area contributed by atoms with E-state index in [4.69, 9.17) is 4.99 Å². The molecule has 0 bridgehead atoms. The number of hydrogen-bond acceptors (Lipinski definition) is 2. The SMILES string of the molecule is Cn1c2ccccc2c(=Nc2ccccc2O)c2ccccc21. The summed E-state index contributed by atoms with van der Waals surface area (Å²) in [7, 11) is 2.06. The number of benzene rings is 3. The number of nitrogens with zero attached hydrogens (tertiary/aromatic N) is 2. The van der Waals surface area contributed by atoms with E-state index in [1.807, 2.05) is 36.4 Å². The molecule has 0 amide bonds. The van der Waals surface area contributed by atoms with Crippen molar-refractivity contribution in [2.24, 2.45) is 12.0 Å². The molecular formula is C20H16N2O. The van der Waals surface area contributed by atoms with Crippen molar-refractivity contribution in [3.63, 3.8) is 0 Å². The van der Waals surface area contributed by atoms with Gasteiger partial charge in [-0.3, -0.25) is 0 Å². The summed E-state index contributed by atoms with van der Waals surface area (Å²) in [5, 5.41) is 13.1. The predicted molar refractivity (Wildman–Crippen MR) is 93.8 cm³/mol. The van der Waals surface area contributed by atoms with Crippen molar-refractivity contribution in [2.75, 3.05) is 0 Å². The van der Waals surface area contributed by atoms with Crippen molar-refractivity contribution in [1.82, 2.24) is 4.57 Å². The lowest BCUT2D eigenvalue weighted by molar-refractivity contribution is 0.476. The monoisotopic (exact) mass is 300 g/mol. The molecule has 0 radical (unpaired) electrons. The molecule has 3 aromatic carbocycles. The van der Waals surface area contributed by atoms with E-state index in [1.54, 1.807) is 12.1 Å². The molecule has 1 heterocycles. The fraction of sp³-hybridized carbons (Fsp3) is 0.0500. The van der Waals surface area contributed by atoms with Crippen LogP contribution in [0, 0.1) is 0 Å². The molecule has 0 aliphatic heterocycles. The van der Waals surface area contributed by atoms with Crippen molar-refractivity contribution in [3.05, 3.63) is 78.2 Å². The highest BCUT2D eigenvalue weighted by molar-refractivity contribution is 5.93. The fourth-order valence-electron chi connectivity index (χ4n) is 3.01. The Kier molecular flexibility index (Phi) is 3.12. The van der Waals surface area contributed by atoms with Gasteiger partial charge in [-0.15, -0.1) is 0 Å². The highest BCUT2D eigenvalue weighted by Gasteiger charge is 2.07. The molecular weight excluding hydrogens is 284 g/mol. The van der Waals surface area contributed by atoms with E-state index in [0.29, 0.717) is 5.69 Å². The second-order valence-corrected chi connectivity index (χ2v) is 5.54.